The number of primary sulfonamides is 1. The molecule has 0 bridgehead atoms. The van der Waals surface area contributed by atoms with Crippen molar-refractivity contribution in [3.05, 3.63) is 35.4 Å². The summed E-state index contributed by atoms with van der Waals surface area (Å²) in [6.45, 7) is 3.35. The number of carbonyl (C=O) groups is 2. The molecule has 0 radical (unpaired) electrons. The first-order valence-corrected chi connectivity index (χ1v) is 7.95. The van der Waals surface area contributed by atoms with Crippen LogP contribution >= 0.6 is 0 Å². The van der Waals surface area contributed by atoms with Crippen LogP contribution in [0.3, 0.4) is 0 Å². The van der Waals surface area contributed by atoms with Crippen LogP contribution < -0.4 is 10.5 Å². The van der Waals surface area contributed by atoms with E-state index in [4.69, 9.17) is 10.2 Å². The Bertz CT molecular complexity index is 640. The Kier molecular flexibility index (Phi) is 5.45. The number of aliphatic carboxylic acids is 1. The minimum atomic E-state index is -3.70. The fraction of sp³-hybridized carbons (Fsp3) is 0.385. The van der Waals surface area contributed by atoms with Gasteiger partial charge in [0.1, 0.15) is 6.04 Å². The maximum absolute atomic E-state index is 12.0. The summed E-state index contributed by atoms with van der Waals surface area (Å²) >= 11 is 0. The van der Waals surface area contributed by atoms with Crippen molar-refractivity contribution >= 4 is 21.9 Å². The summed E-state index contributed by atoms with van der Waals surface area (Å²) in [5.74, 6) is -2.37. The lowest BCUT2D eigenvalue weighted by atomic mass is 10.0. The maximum Gasteiger partial charge on any atom is 0.326 e. The van der Waals surface area contributed by atoms with Gasteiger partial charge in [0.05, 0.1) is 5.75 Å². The van der Waals surface area contributed by atoms with E-state index >= 15 is 0 Å². The van der Waals surface area contributed by atoms with Gasteiger partial charge in [0.25, 0.3) is 5.91 Å². The van der Waals surface area contributed by atoms with E-state index in [1.54, 1.807) is 13.8 Å². The van der Waals surface area contributed by atoms with E-state index in [1.807, 2.05) is 0 Å². The molecule has 0 saturated heterocycles. The van der Waals surface area contributed by atoms with E-state index in [0.29, 0.717) is 5.56 Å². The number of carbonyl (C=O) groups excluding carboxylic acids is 1. The zero-order chi connectivity index (χ0) is 16.2. The summed E-state index contributed by atoms with van der Waals surface area (Å²) in [6, 6.07) is 4.87. The van der Waals surface area contributed by atoms with Gasteiger partial charge in [-0.1, -0.05) is 26.0 Å². The second-order valence-electron chi connectivity index (χ2n) is 5.04. The van der Waals surface area contributed by atoms with Crippen molar-refractivity contribution in [3.63, 3.8) is 0 Å². The third-order valence-electron chi connectivity index (χ3n) is 2.78. The highest BCUT2D eigenvalue weighted by molar-refractivity contribution is 7.88. The summed E-state index contributed by atoms with van der Waals surface area (Å²) in [5, 5.41) is 16.4. The monoisotopic (exact) mass is 314 g/mol. The lowest BCUT2D eigenvalue weighted by Crippen LogP contribution is -2.44. The molecule has 0 saturated carbocycles. The summed E-state index contributed by atoms with van der Waals surface area (Å²) in [4.78, 5) is 23.1. The average Bonchev–Trinajstić information content (AvgIpc) is 2.33. The number of nitrogens with two attached hydrogens (primary N) is 1. The van der Waals surface area contributed by atoms with Gasteiger partial charge >= 0.3 is 5.97 Å². The molecule has 7 nitrogen and oxygen atoms in total. The van der Waals surface area contributed by atoms with Gasteiger partial charge in [-0.2, -0.15) is 0 Å². The van der Waals surface area contributed by atoms with Gasteiger partial charge in [-0.15, -0.1) is 0 Å². The standard InChI is InChI=1S/C13H18N2O5S/c1-8(2)11(13(17)18)15-12(16)10-5-3-4-9(6-10)7-21(14,19)20/h3-6,8,11H,7H2,1-2H3,(H,15,16)(H,17,18)(H2,14,19,20)/t11-/m0/s1. The van der Waals surface area contributed by atoms with Crippen molar-refractivity contribution in [1.29, 1.82) is 0 Å². The Labute approximate surface area is 123 Å². The highest BCUT2D eigenvalue weighted by Crippen LogP contribution is 2.09. The zero-order valence-electron chi connectivity index (χ0n) is 11.7. The molecule has 0 aromatic heterocycles. The number of nitrogens with one attached hydrogen (secondary N) is 1. The minimum Gasteiger partial charge on any atom is -0.480 e. The van der Waals surface area contributed by atoms with Crippen LogP contribution in [0.1, 0.15) is 29.8 Å². The smallest absolute Gasteiger partial charge is 0.326 e. The first kappa shape index (κ1) is 17.1. The number of carboxylic acid groups (broad SMARTS) is 1. The number of rotatable bonds is 6. The molecule has 21 heavy (non-hydrogen) atoms. The van der Waals surface area contributed by atoms with Crippen molar-refractivity contribution < 1.29 is 23.1 Å². The Balaban J connectivity index is 2.93. The van der Waals surface area contributed by atoms with E-state index < -0.39 is 27.9 Å². The van der Waals surface area contributed by atoms with E-state index in [9.17, 15) is 18.0 Å². The average molecular weight is 314 g/mol. The summed E-state index contributed by atoms with van der Waals surface area (Å²) in [6.07, 6.45) is 0. The van der Waals surface area contributed by atoms with E-state index in [2.05, 4.69) is 5.32 Å². The molecule has 0 unspecified atom stereocenters. The van der Waals surface area contributed by atoms with Gasteiger partial charge in [-0.05, 0) is 23.6 Å². The van der Waals surface area contributed by atoms with Crippen LogP contribution in [0.15, 0.2) is 24.3 Å². The topological polar surface area (TPSA) is 127 Å². The van der Waals surface area contributed by atoms with Gasteiger partial charge < -0.3 is 10.4 Å². The molecule has 1 atom stereocenters. The van der Waals surface area contributed by atoms with E-state index in [-0.39, 0.29) is 17.2 Å². The highest BCUT2D eigenvalue weighted by Gasteiger charge is 2.24. The van der Waals surface area contributed by atoms with Crippen LogP contribution in [-0.2, 0) is 20.6 Å². The van der Waals surface area contributed by atoms with Crippen molar-refractivity contribution in [2.45, 2.75) is 25.6 Å². The molecule has 8 heteroatoms. The second kappa shape index (κ2) is 6.68. The highest BCUT2D eigenvalue weighted by atomic mass is 32.2. The lowest BCUT2D eigenvalue weighted by Gasteiger charge is -2.18. The van der Waals surface area contributed by atoms with Gasteiger partial charge in [-0.25, -0.2) is 18.4 Å². The number of sulfonamides is 1. The number of hydrogen-bond acceptors (Lipinski definition) is 4. The van der Waals surface area contributed by atoms with Crippen molar-refractivity contribution in [3.8, 4) is 0 Å². The molecular weight excluding hydrogens is 296 g/mol. The van der Waals surface area contributed by atoms with Gasteiger partial charge in [-0.3, -0.25) is 4.79 Å². The molecule has 0 aliphatic rings. The first-order chi connectivity index (χ1) is 9.60. The molecule has 1 rings (SSSR count). The SMILES string of the molecule is CC(C)[C@H](NC(=O)c1cccc(CS(N)(=O)=O)c1)C(=O)O. The van der Waals surface area contributed by atoms with Crippen LogP contribution in [-0.4, -0.2) is 31.4 Å². The van der Waals surface area contributed by atoms with Crippen molar-refractivity contribution in [2.24, 2.45) is 11.1 Å². The molecule has 0 aliphatic carbocycles. The van der Waals surface area contributed by atoms with Crippen LogP contribution in [0.25, 0.3) is 0 Å². The normalized spacial score (nSPS) is 13.0. The molecule has 1 aromatic carbocycles. The molecule has 1 aromatic rings. The third kappa shape index (κ3) is 5.52. The Hall–Kier alpha value is -1.93. The molecule has 1 amide bonds. The first-order valence-electron chi connectivity index (χ1n) is 6.23. The maximum atomic E-state index is 12.0. The van der Waals surface area contributed by atoms with E-state index in [0.717, 1.165) is 0 Å². The Morgan fingerprint density at radius 3 is 2.43 bits per heavy atom. The third-order valence-corrected chi connectivity index (χ3v) is 3.51. The van der Waals surface area contributed by atoms with Gasteiger partial charge in [0.15, 0.2) is 0 Å². The van der Waals surface area contributed by atoms with Crippen LogP contribution in [0.4, 0.5) is 0 Å². The number of amides is 1. The van der Waals surface area contributed by atoms with Crippen molar-refractivity contribution in [2.75, 3.05) is 0 Å². The fourth-order valence-corrected chi connectivity index (χ4v) is 2.42. The molecule has 0 aliphatic heterocycles. The summed E-state index contributed by atoms with van der Waals surface area (Å²) < 4.78 is 22.1. The predicted molar refractivity (Wildman–Crippen MR) is 77.0 cm³/mol. The molecule has 4 N–H and O–H groups in total. The largest absolute Gasteiger partial charge is 0.480 e. The Morgan fingerprint density at radius 2 is 1.95 bits per heavy atom. The van der Waals surface area contributed by atoms with Crippen LogP contribution in [0.5, 0.6) is 0 Å². The molecular formula is C13H18N2O5S. The predicted octanol–water partition coefficient (Wildman–Crippen LogP) is 0.314. The lowest BCUT2D eigenvalue weighted by molar-refractivity contribution is -0.140. The summed E-state index contributed by atoms with van der Waals surface area (Å²) in [7, 11) is -3.70. The molecule has 0 fully saturated rings. The van der Waals surface area contributed by atoms with Gasteiger partial charge in [0, 0.05) is 5.56 Å². The summed E-state index contributed by atoms with van der Waals surface area (Å²) in [5.41, 5.74) is 0.546. The number of carboxylic acids is 1. The molecule has 0 heterocycles. The van der Waals surface area contributed by atoms with Gasteiger partial charge in [0.2, 0.25) is 10.0 Å². The Morgan fingerprint density at radius 1 is 1.33 bits per heavy atom. The zero-order valence-corrected chi connectivity index (χ0v) is 12.6. The van der Waals surface area contributed by atoms with E-state index in [1.165, 1.54) is 24.3 Å². The van der Waals surface area contributed by atoms with Crippen LogP contribution in [0.2, 0.25) is 0 Å². The van der Waals surface area contributed by atoms with Crippen molar-refractivity contribution in [1.82, 2.24) is 5.32 Å². The number of benzene rings is 1. The second-order valence-corrected chi connectivity index (χ2v) is 6.66. The fourth-order valence-electron chi connectivity index (χ4n) is 1.77. The number of hydrogen-bond donors (Lipinski definition) is 3. The quantitative estimate of drug-likeness (QED) is 0.696. The van der Waals surface area contributed by atoms with Crippen LogP contribution in [0, 0.1) is 5.92 Å². The molecule has 116 valence electrons. The molecule has 0 spiro atoms. The minimum absolute atomic E-state index is 0.183.